The van der Waals surface area contributed by atoms with Gasteiger partial charge in [0.1, 0.15) is 0 Å². The summed E-state index contributed by atoms with van der Waals surface area (Å²) < 4.78 is 1.05. The fourth-order valence-electron chi connectivity index (χ4n) is 2.42. The number of benzene rings is 1. The van der Waals surface area contributed by atoms with Crippen molar-refractivity contribution in [3.63, 3.8) is 0 Å². The molecule has 2 nitrogen and oxygen atoms in total. The Morgan fingerprint density at radius 2 is 2.12 bits per heavy atom. The van der Waals surface area contributed by atoms with E-state index >= 15 is 0 Å². The van der Waals surface area contributed by atoms with E-state index < -0.39 is 0 Å². The van der Waals surface area contributed by atoms with E-state index in [9.17, 15) is 0 Å². The normalized spacial score (nSPS) is 21.9. The highest BCUT2D eigenvalue weighted by molar-refractivity contribution is 9.10. The number of hydrogen-bond acceptors (Lipinski definition) is 2. The van der Waals surface area contributed by atoms with Crippen molar-refractivity contribution >= 4 is 27.3 Å². The van der Waals surface area contributed by atoms with Crippen LogP contribution in [-0.4, -0.2) is 12.6 Å². The van der Waals surface area contributed by atoms with E-state index in [2.05, 4.69) is 39.9 Å². The monoisotopic (exact) mass is 282 g/mol. The molecule has 1 aliphatic heterocycles. The van der Waals surface area contributed by atoms with Crippen molar-refractivity contribution in [1.29, 1.82) is 0 Å². The summed E-state index contributed by atoms with van der Waals surface area (Å²) in [7, 11) is 0. The minimum absolute atomic E-state index is 0.603. The molecule has 1 aliphatic rings. The molecular weight excluding hydrogens is 264 g/mol. The lowest BCUT2D eigenvalue weighted by Gasteiger charge is -2.30. The first-order valence-electron chi connectivity index (χ1n) is 6.00. The first-order chi connectivity index (χ1) is 7.68. The molecule has 0 amide bonds. The van der Waals surface area contributed by atoms with Crippen LogP contribution in [-0.2, 0) is 0 Å². The molecule has 0 aromatic heterocycles. The maximum absolute atomic E-state index is 6.09. The van der Waals surface area contributed by atoms with Gasteiger partial charge in [0.05, 0.1) is 11.4 Å². The van der Waals surface area contributed by atoms with Gasteiger partial charge in [0, 0.05) is 17.1 Å². The summed E-state index contributed by atoms with van der Waals surface area (Å²) in [6.07, 6.45) is 5.24. The van der Waals surface area contributed by atoms with Crippen LogP contribution in [0.2, 0.25) is 0 Å². The molecule has 3 heteroatoms. The molecule has 1 atom stereocenters. The number of nitrogens with zero attached hydrogens (tertiary/aromatic N) is 1. The molecule has 2 rings (SSSR count). The molecule has 1 heterocycles. The lowest BCUT2D eigenvalue weighted by molar-refractivity contribution is 0.616. The van der Waals surface area contributed by atoms with E-state index in [1.165, 1.54) is 31.4 Å². The number of anilines is 2. The number of nitrogen functional groups attached to an aromatic ring is 1. The van der Waals surface area contributed by atoms with Crippen molar-refractivity contribution < 1.29 is 0 Å². The Bertz CT molecular complexity index is 365. The molecule has 88 valence electrons. The van der Waals surface area contributed by atoms with Gasteiger partial charge in [0.2, 0.25) is 0 Å². The Labute approximate surface area is 106 Å². The van der Waals surface area contributed by atoms with Crippen molar-refractivity contribution in [3.05, 3.63) is 22.7 Å². The fourth-order valence-corrected chi connectivity index (χ4v) is 2.80. The second-order valence-electron chi connectivity index (χ2n) is 4.59. The third-order valence-electron chi connectivity index (χ3n) is 3.35. The average molecular weight is 283 g/mol. The van der Waals surface area contributed by atoms with Gasteiger partial charge in [0.25, 0.3) is 0 Å². The van der Waals surface area contributed by atoms with E-state index in [0.717, 1.165) is 16.7 Å². The second-order valence-corrected chi connectivity index (χ2v) is 5.51. The summed E-state index contributed by atoms with van der Waals surface area (Å²) in [5, 5.41) is 0. The quantitative estimate of drug-likeness (QED) is 0.794. The molecule has 1 fully saturated rings. The molecule has 0 spiro atoms. The van der Waals surface area contributed by atoms with Crippen LogP contribution >= 0.6 is 15.9 Å². The van der Waals surface area contributed by atoms with Gasteiger partial charge in [-0.3, -0.25) is 0 Å². The van der Waals surface area contributed by atoms with Gasteiger partial charge in [-0.15, -0.1) is 0 Å². The van der Waals surface area contributed by atoms with E-state index in [0.29, 0.717) is 6.04 Å². The van der Waals surface area contributed by atoms with Gasteiger partial charge >= 0.3 is 0 Å². The van der Waals surface area contributed by atoms with Crippen molar-refractivity contribution in [3.8, 4) is 0 Å². The van der Waals surface area contributed by atoms with Crippen LogP contribution in [0.1, 0.15) is 32.6 Å². The first-order valence-corrected chi connectivity index (χ1v) is 6.79. The maximum atomic E-state index is 6.09. The Balaban J connectivity index is 2.27. The van der Waals surface area contributed by atoms with E-state index in [4.69, 9.17) is 5.73 Å². The summed E-state index contributed by atoms with van der Waals surface area (Å²) in [6.45, 7) is 3.43. The molecule has 1 unspecified atom stereocenters. The Kier molecular flexibility index (Phi) is 3.74. The first kappa shape index (κ1) is 11.8. The second kappa shape index (κ2) is 5.09. The van der Waals surface area contributed by atoms with Crippen LogP contribution < -0.4 is 10.6 Å². The van der Waals surface area contributed by atoms with Gasteiger partial charge in [0.15, 0.2) is 0 Å². The molecule has 2 N–H and O–H groups in total. The molecule has 1 saturated heterocycles. The molecule has 1 aromatic rings. The third kappa shape index (κ3) is 2.51. The molecule has 0 aliphatic carbocycles. The van der Waals surface area contributed by atoms with Crippen molar-refractivity contribution in [2.24, 2.45) is 0 Å². The fraction of sp³-hybridized carbons (Fsp3) is 0.538. The van der Waals surface area contributed by atoms with E-state index in [-0.39, 0.29) is 0 Å². The Morgan fingerprint density at radius 3 is 2.88 bits per heavy atom. The van der Waals surface area contributed by atoms with Crippen LogP contribution in [0.25, 0.3) is 0 Å². The largest absolute Gasteiger partial charge is 0.397 e. The van der Waals surface area contributed by atoms with Crippen LogP contribution in [0, 0.1) is 0 Å². The zero-order valence-corrected chi connectivity index (χ0v) is 11.3. The number of hydrogen-bond donors (Lipinski definition) is 1. The molecule has 1 aromatic carbocycles. The molecule has 0 radical (unpaired) electrons. The minimum Gasteiger partial charge on any atom is -0.397 e. The highest BCUT2D eigenvalue weighted by Crippen LogP contribution is 2.30. The van der Waals surface area contributed by atoms with Crippen molar-refractivity contribution in [2.75, 3.05) is 17.2 Å². The minimum atomic E-state index is 0.603. The predicted molar refractivity (Wildman–Crippen MR) is 73.8 cm³/mol. The van der Waals surface area contributed by atoms with Gasteiger partial charge < -0.3 is 10.6 Å². The van der Waals surface area contributed by atoms with Crippen LogP contribution in [0.3, 0.4) is 0 Å². The highest BCUT2D eigenvalue weighted by atomic mass is 79.9. The summed E-state index contributed by atoms with van der Waals surface area (Å²) in [4.78, 5) is 2.45. The van der Waals surface area contributed by atoms with Gasteiger partial charge in [-0.2, -0.15) is 0 Å². The summed E-state index contributed by atoms with van der Waals surface area (Å²) >= 11 is 3.45. The topological polar surface area (TPSA) is 29.3 Å². The van der Waals surface area contributed by atoms with Crippen LogP contribution in [0.5, 0.6) is 0 Å². The number of rotatable bonds is 1. The van der Waals surface area contributed by atoms with Gasteiger partial charge in [-0.05, 0) is 38.0 Å². The van der Waals surface area contributed by atoms with Crippen molar-refractivity contribution in [2.45, 2.75) is 38.6 Å². The standard InChI is InChI=1S/C13H19BrN2/c1-10-5-3-2-4-8-16(10)13-7-6-11(14)9-12(13)15/h6-7,9-10H,2-5,8,15H2,1H3. The van der Waals surface area contributed by atoms with E-state index in [1.54, 1.807) is 0 Å². The molecule has 16 heavy (non-hydrogen) atoms. The molecular formula is C13H19BrN2. The lowest BCUT2D eigenvalue weighted by Crippen LogP contribution is -2.32. The lowest BCUT2D eigenvalue weighted by atomic mass is 10.1. The summed E-state index contributed by atoms with van der Waals surface area (Å²) in [6, 6.07) is 6.79. The van der Waals surface area contributed by atoms with E-state index in [1.807, 2.05) is 6.07 Å². The molecule has 0 saturated carbocycles. The highest BCUT2D eigenvalue weighted by Gasteiger charge is 2.18. The third-order valence-corrected chi connectivity index (χ3v) is 3.85. The zero-order chi connectivity index (χ0) is 11.5. The molecule has 0 bridgehead atoms. The van der Waals surface area contributed by atoms with Crippen LogP contribution in [0.4, 0.5) is 11.4 Å². The number of halogens is 1. The summed E-state index contributed by atoms with van der Waals surface area (Å²) in [5.41, 5.74) is 8.16. The smallest absolute Gasteiger partial charge is 0.0603 e. The average Bonchev–Trinajstić information content (AvgIpc) is 2.44. The Hall–Kier alpha value is -0.700. The van der Waals surface area contributed by atoms with Gasteiger partial charge in [-0.25, -0.2) is 0 Å². The predicted octanol–water partition coefficient (Wildman–Crippen LogP) is 3.80. The summed E-state index contributed by atoms with van der Waals surface area (Å²) in [5.74, 6) is 0. The number of nitrogens with two attached hydrogens (primary N) is 1. The Morgan fingerprint density at radius 1 is 1.31 bits per heavy atom. The van der Waals surface area contributed by atoms with Crippen molar-refractivity contribution in [1.82, 2.24) is 0 Å². The maximum Gasteiger partial charge on any atom is 0.0603 e. The zero-order valence-electron chi connectivity index (χ0n) is 9.75. The van der Waals surface area contributed by atoms with Gasteiger partial charge in [-0.1, -0.05) is 28.8 Å². The van der Waals surface area contributed by atoms with Crippen LogP contribution in [0.15, 0.2) is 22.7 Å². The SMILES string of the molecule is CC1CCCCCN1c1ccc(Br)cc1N.